The molecule has 2 saturated heterocycles. The molecule has 4 heterocycles. The Morgan fingerprint density at radius 3 is 3.12 bits per heavy atom. The summed E-state index contributed by atoms with van der Waals surface area (Å²) in [5.41, 5.74) is -0.771. The van der Waals surface area contributed by atoms with E-state index in [0.29, 0.717) is 11.4 Å². The van der Waals surface area contributed by atoms with Gasteiger partial charge in [-0.1, -0.05) is 0 Å². The molecule has 11 heteroatoms. The number of aliphatic imine (C=N–C) groups is 1. The molecule has 25 heavy (non-hydrogen) atoms. The molecule has 2 N–H and O–H groups in total. The van der Waals surface area contributed by atoms with Crippen LogP contribution in [0, 0.1) is 0 Å². The lowest BCUT2D eigenvalue weighted by Crippen LogP contribution is -2.42. The maximum Gasteiger partial charge on any atom is 0.280 e. The van der Waals surface area contributed by atoms with Crippen molar-refractivity contribution in [1.29, 1.82) is 0 Å². The zero-order chi connectivity index (χ0) is 17.8. The van der Waals surface area contributed by atoms with Crippen molar-refractivity contribution >= 4 is 36.1 Å². The average molecular weight is 366 g/mol. The number of aliphatic hydroxyl groups is 1. The lowest BCUT2D eigenvalue weighted by Gasteiger charge is -2.29. The number of H-pyrrole nitrogens is 1. The minimum absolute atomic E-state index is 0.154. The first kappa shape index (κ1) is 16.5. The van der Waals surface area contributed by atoms with Gasteiger partial charge in [-0.2, -0.15) is 17.6 Å². The molecular weight excluding hydrogens is 348 g/mol. The molecule has 0 amide bonds. The monoisotopic (exact) mass is 366 g/mol. The number of ether oxygens (including phenoxy) is 2. The fourth-order valence-electron chi connectivity index (χ4n) is 3.09. The molecule has 2 bridgehead atoms. The predicted octanol–water partition coefficient (Wildman–Crippen LogP) is -0.702. The third-order valence-corrected chi connectivity index (χ3v) is 4.91. The van der Waals surface area contributed by atoms with Crippen molar-refractivity contribution in [1.82, 2.24) is 24.4 Å². The maximum absolute atomic E-state index is 12.2. The molecule has 2 aromatic heterocycles. The summed E-state index contributed by atoms with van der Waals surface area (Å²) in [5, 5.41) is 10.4. The Labute approximate surface area is 147 Å². The van der Waals surface area contributed by atoms with Gasteiger partial charge in [0.15, 0.2) is 17.4 Å². The summed E-state index contributed by atoms with van der Waals surface area (Å²) in [7, 11) is 3.62. The molecule has 2 aliphatic rings. The minimum atomic E-state index is -0.859. The van der Waals surface area contributed by atoms with Crippen LogP contribution in [0.1, 0.15) is 6.23 Å². The van der Waals surface area contributed by atoms with Crippen molar-refractivity contribution in [2.45, 2.75) is 24.0 Å². The predicted molar refractivity (Wildman–Crippen MR) is 92.4 cm³/mol. The molecule has 0 aromatic carbocycles. The zero-order valence-electron chi connectivity index (χ0n) is 13.7. The number of hydrogen-bond donors (Lipinski definition) is 3. The first-order valence-electron chi connectivity index (χ1n) is 7.71. The Hall–Kier alpha value is -1.95. The number of nitrogens with zero attached hydrogens (tertiary/aromatic N) is 5. The topological polar surface area (TPSA) is 118 Å². The Kier molecular flexibility index (Phi) is 3.83. The van der Waals surface area contributed by atoms with E-state index < -0.39 is 29.6 Å². The molecule has 10 nitrogen and oxygen atoms in total. The molecule has 134 valence electrons. The second-order valence-corrected chi connectivity index (χ2v) is 6.69. The fraction of sp³-hybridized carbons (Fsp3) is 0.571. The molecule has 0 saturated carbocycles. The van der Waals surface area contributed by atoms with E-state index in [1.54, 1.807) is 9.47 Å². The van der Waals surface area contributed by atoms with E-state index in [4.69, 9.17) is 9.47 Å². The first-order valence-corrected chi connectivity index (χ1v) is 8.34. The highest BCUT2D eigenvalue weighted by Gasteiger charge is 2.61. The Balaban J connectivity index is 1.78. The number of imidazole rings is 1. The molecule has 4 atom stereocenters. The fourth-order valence-corrected chi connectivity index (χ4v) is 3.44. The average Bonchev–Trinajstić information content (AvgIpc) is 3.23. The Morgan fingerprint density at radius 2 is 2.44 bits per heavy atom. The van der Waals surface area contributed by atoms with Gasteiger partial charge >= 0.3 is 0 Å². The van der Waals surface area contributed by atoms with E-state index in [1.807, 2.05) is 14.1 Å². The van der Waals surface area contributed by atoms with Crippen molar-refractivity contribution in [2.24, 2.45) is 4.99 Å². The number of thiol groups is 1. The van der Waals surface area contributed by atoms with E-state index in [0.717, 1.165) is 0 Å². The molecule has 1 unspecified atom stereocenters. The second-order valence-electron chi connectivity index (χ2n) is 6.37. The van der Waals surface area contributed by atoms with Gasteiger partial charge in [-0.15, -0.1) is 0 Å². The van der Waals surface area contributed by atoms with Gasteiger partial charge in [0, 0.05) is 19.8 Å². The van der Waals surface area contributed by atoms with E-state index in [1.165, 1.54) is 12.7 Å². The lowest BCUT2D eigenvalue weighted by molar-refractivity contribution is -0.162. The summed E-state index contributed by atoms with van der Waals surface area (Å²) in [6, 6.07) is 0. The summed E-state index contributed by atoms with van der Waals surface area (Å²) in [6.07, 6.45) is 0.975. The Bertz CT molecular complexity index is 895. The van der Waals surface area contributed by atoms with Crippen LogP contribution in [0.25, 0.3) is 11.2 Å². The minimum Gasteiger partial charge on any atom is -0.387 e. The van der Waals surface area contributed by atoms with E-state index in [-0.39, 0.29) is 18.1 Å². The van der Waals surface area contributed by atoms with Crippen molar-refractivity contribution in [3.05, 3.63) is 16.7 Å². The van der Waals surface area contributed by atoms with Crippen LogP contribution >= 0.6 is 12.6 Å². The standard InChI is InChI=1S/C14H18N6O4S/c1-19(2)5-16-13-17-10-7(11(22)18-13)15-6-20(10)12-8-9(21)14(4-25,24-12)3-23-8/h5-6,8-9,12,21,25H,3-4H2,1-2H3,(H,17,18,22)/b16-5-/t8?,9-,12-,14-/m1/s1. The van der Waals surface area contributed by atoms with Crippen molar-refractivity contribution in [3.63, 3.8) is 0 Å². The molecule has 2 aromatic rings. The Morgan fingerprint density at radius 1 is 1.64 bits per heavy atom. The number of fused-ring (bicyclic) bond motifs is 3. The number of aromatic nitrogens is 4. The molecular formula is C14H18N6O4S. The van der Waals surface area contributed by atoms with Crippen LogP contribution in [0.15, 0.2) is 16.1 Å². The highest BCUT2D eigenvalue weighted by Crippen LogP contribution is 2.45. The summed E-state index contributed by atoms with van der Waals surface area (Å²) in [5.74, 6) is 0.474. The van der Waals surface area contributed by atoms with Gasteiger partial charge in [-0.05, 0) is 0 Å². The normalized spacial score (nSPS) is 31.4. The highest BCUT2D eigenvalue weighted by molar-refractivity contribution is 7.80. The first-order chi connectivity index (χ1) is 11.9. The zero-order valence-corrected chi connectivity index (χ0v) is 14.6. The molecule has 0 spiro atoms. The number of aromatic amines is 1. The van der Waals surface area contributed by atoms with Gasteiger partial charge in [0.05, 0.1) is 19.3 Å². The van der Waals surface area contributed by atoms with E-state index in [2.05, 4.69) is 32.6 Å². The van der Waals surface area contributed by atoms with E-state index >= 15 is 0 Å². The van der Waals surface area contributed by atoms with Crippen molar-refractivity contribution in [3.8, 4) is 0 Å². The van der Waals surface area contributed by atoms with Gasteiger partial charge in [0.2, 0.25) is 5.95 Å². The van der Waals surface area contributed by atoms with Crippen molar-refractivity contribution in [2.75, 3.05) is 26.5 Å². The van der Waals surface area contributed by atoms with Gasteiger partial charge < -0.3 is 19.5 Å². The number of aliphatic hydroxyl groups excluding tert-OH is 1. The van der Waals surface area contributed by atoms with Gasteiger partial charge in [0.25, 0.3) is 5.56 Å². The SMILES string of the molecule is CN(C)/C=N\c1nc2c(ncn2[C@@H]2O[C@@]3(CS)COC2[C@H]3O)c(=O)[nH]1. The van der Waals surface area contributed by atoms with Crippen LogP contribution in [0.5, 0.6) is 0 Å². The van der Waals surface area contributed by atoms with Crippen LogP contribution in [0.3, 0.4) is 0 Å². The molecule has 0 radical (unpaired) electrons. The van der Waals surface area contributed by atoms with Crippen molar-refractivity contribution < 1.29 is 14.6 Å². The van der Waals surface area contributed by atoms with Crippen LogP contribution in [-0.4, -0.2) is 80.1 Å². The summed E-state index contributed by atoms with van der Waals surface area (Å²) >= 11 is 4.27. The number of hydrogen-bond acceptors (Lipinski definition) is 8. The molecule has 2 fully saturated rings. The third kappa shape index (κ3) is 2.46. The van der Waals surface area contributed by atoms with Crippen LogP contribution in [0.2, 0.25) is 0 Å². The van der Waals surface area contributed by atoms with E-state index in [9.17, 15) is 9.90 Å². The summed E-state index contributed by atoms with van der Waals surface area (Å²) in [4.78, 5) is 29.1. The summed E-state index contributed by atoms with van der Waals surface area (Å²) < 4.78 is 13.3. The second kappa shape index (κ2) is 5.80. The van der Waals surface area contributed by atoms with Crippen LogP contribution < -0.4 is 5.56 Å². The van der Waals surface area contributed by atoms with Gasteiger partial charge in [0.1, 0.15) is 17.8 Å². The van der Waals surface area contributed by atoms with Gasteiger partial charge in [-0.25, -0.2) is 9.98 Å². The van der Waals surface area contributed by atoms with Gasteiger partial charge in [-0.3, -0.25) is 14.3 Å². The number of rotatable bonds is 4. The third-order valence-electron chi connectivity index (χ3n) is 4.38. The smallest absolute Gasteiger partial charge is 0.280 e. The largest absolute Gasteiger partial charge is 0.387 e. The molecule has 2 aliphatic heterocycles. The quantitative estimate of drug-likeness (QED) is 0.372. The highest BCUT2D eigenvalue weighted by atomic mass is 32.1. The summed E-state index contributed by atoms with van der Waals surface area (Å²) in [6.45, 7) is 0.276. The van der Waals surface area contributed by atoms with Crippen LogP contribution in [-0.2, 0) is 9.47 Å². The molecule has 0 aliphatic carbocycles. The lowest BCUT2D eigenvalue weighted by atomic mass is 10.0. The molecule has 4 rings (SSSR count). The van der Waals surface area contributed by atoms with Crippen LogP contribution in [0.4, 0.5) is 5.95 Å². The maximum atomic E-state index is 12.2. The number of nitrogens with one attached hydrogen (secondary N) is 1.